The Morgan fingerprint density at radius 2 is 1.10 bits per heavy atom. The summed E-state index contributed by atoms with van der Waals surface area (Å²) in [6.45, 7) is 26.6. The minimum atomic E-state index is 0.419. The molecule has 0 radical (unpaired) electrons. The standard InChI is InChI=1S/C20H42/c1-14(2)12-15(3)18(6)20(10,11)13-16(4)17(5)19(7,8)9/h14-18H,12-13H2,1-11H3. The molecule has 0 nitrogen and oxygen atoms in total. The lowest BCUT2D eigenvalue weighted by Crippen LogP contribution is -2.33. The van der Waals surface area contributed by atoms with Gasteiger partial charge in [-0.05, 0) is 53.3 Å². The van der Waals surface area contributed by atoms with Gasteiger partial charge in [0.25, 0.3) is 0 Å². The van der Waals surface area contributed by atoms with Crippen molar-refractivity contribution < 1.29 is 0 Å². The van der Waals surface area contributed by atoms with Crippen molar-refractivity contribution in [2.45, 2.75) is 89.0 Å². The van der Waals surface area contributed by atoms with E-state index in [1.165, 1.54) is 12.8 Å². The summed E-state index contributed by atoms with van der Waals surface area (Å²) in [5, 5.41) is 0. The highest BCUT2D eigenvalue weighted by molar-refractivity contribution is 4.84. The van der Waals surface area contributed by atoms with Gasteiger partial charge >= 0.3 is 0 Å². The lowest BCUT2D eigenvalue weighted by atomic mass is 9.64. The van der Waals surface area contributed by atoms with Crippen LogP contribution >= 0.6 is 0 Å². The van der Waals surface area contributed by atoms with E-state index >= 15 is 0 Å². The summed E-state index contributed by atoms with van der Waals surface area (Å²) in [5.74, 6) is 3.99. The maximum Gasteiger partial charge on any atom is -0.0323 e. The van der Waals surface area contributed by atoms with Crippen molar-refractivity contribution in [2.75, 3.05) is 0 Å². The molecule has 20 heavy (non-hydrogen) atoms. The quantitative estimate of drug-likeness (QED) is 0.470. The van der Waals surface area contributed by atoms with Gasteiger partial charge in [-0.25, -0.2) is 0 Å². The summed E-state index contributed by atoms with van der Waals surface area (Å²) < 4.78 is 0. The number of hydrogen-bond donors (Lipinski definition) is 0. The van der Waals surface area contributed by atoms with Crippen molar-refractivity contribution in [3.05, 3.63) is 0 Å². The van der Waals surface area contributed by atoms with E-state index in [-0.39, 0.29) is 0 Å². The molecule has 4 atom stereocenters. The third kappa shape index (κ3) is 6.19. The highest BCUT2D eigenvalue weighted by Gasteiger charge is 2.35. The van der Waals surface area contributed by atoms with Gasteiger partial charge in [0.1, 0.15) is 0 Å². The fourth-order valence-corrected chi connectivity index (χ4v) is 3.76. The van der Waals surface area contributed by atoms with E-state index in [0.717, 1.165) is 29.6 Å². The lowest BCUT2D eigenvalue weighted by molar-refractivity contribution is 0.0798. The Bertz CT molecular complexity index is 266. The van der Waals surface area contributed by atoms with Crippen LogP contribution in [0.1, 0.15) is 89.0 Å². The Balaban J connectivity index is 4.72. The summed E-state index contributed by atoms with van der Waals surface area (Å²) in [5.41, 5.74) is 0.857. The van der Waals surface area contributed by atoms with Gasteiger partial charge in [-0.1, -0.05) is 76.2 Å². The molecular formula is C20H42. The lowest BCUT2D eigenvalue weighted by Gasteiger charge is -2.42. The van der Waals surface area contributed by atoms with Crippen LogP contribution in [-0.4, -0.2) is 0 Å². The highest BCUT2D eigenvalue weighted by atomic mass is 14.4. The molecule has 0 aliphatic carbocycles. The first-order chi connectivity index (χ1) is 8.79. The molecule has 0 heterocycles. The molecule has 0 aromatic heterocycles. The SMILES string of the molecule is CC(C)CC(C)C(C)C(C)(C)CC(C)C(C)C(C)(C)C. The van der Waals surface area contributed by atoms with Crippen LogP contribution in [0.15, 0.2) is 0 Å². The monoisotopic (exact) mass is 282 g/mol. The van der Waals surface area contributed by atoms with E-state index in [9.17, 15) is 0 Å². The highest BCUT2D eigenvalue weighted by Crippen LogP contribution is 2.44. The molecule has 0 aromatic carbocycles. The van der Waals surface area contributed by atoms with Gasteiger partial charge in [-0.15, -0.1) is 0 Å². The van der Waals surface area contributed by atoms with Crippen molar-refractivity contribution >= 4 is 0 Å². The maximum atomic E-state index is 2.49. The smallest absolute Gasteiger partial charge is 0.0323 e. The third-order valence-electron chi connectivity index (χ3n) is 6.00. The van der Waals surface area contributed by atoms with E-state index in [4.69, 9.17) is 0 Å². The average molecular weight is 283 g/mol. The van der Waals surface area contributed by atoms with E-state index in [1.807, 2.05) is 0 Å². The Labute approximate surface area is 130 Å². The van der Waals surface area contributed by atoms with Gasteiger partial charge < -0.3 is 0 Å². The predicted molar refractivity (Wildman–Crippen MR) is 94.0 cm³/mol. The van der Waals surface area contributed by atoms with Crippen molar-refractivity contribution in [3.63, 3.8) is 0 Å². The van der Waals surface area contributed by atoms with Gasteiger partial charge in [0.15, 0.2) is 0 Å². The van der Waals surface area contributed by atoms with Crippen LogP contribution in [0.5, 0.6) is 0 Å². The minimum Gasteiger partial charge on any atom is -0.0628 e. The molecular weight excluding hydrogens is 240 g/mol. The predicted octanol–water partition coefficient (Wildman–Crippen LogP) is 7.04. The van der Waals surface area contributed by atoms with Crippen molar-refractivity contribution in [2.24, 2.45) is 40.4 Å². The van der Waals surface area contributed by atoms with E-state index in [0.29, 0.717) is 10.8 Å². The number of hydrogen-bond acceptors (Lipinski definition) is 0. The Morgan fingerprint density at radius 1 is 0.650 bits per heavy atom. The number of rotatable bonds is 7. The summed E-state index contributed by atoms with van der Waals surface area (Å²) in [6, 6.07) is 0. The van der Waals surface area contributed by atoms with Crippen LogP contribution < -0.4 is 0 Å². The van der Waals surface area contributed by atoms with Gasteiger partial charge in [0.05, 0.1) is 0 Å². The fourth-order valence-electron chi connectivity index (χ4n) is 3.76. The average Bonchev–Trinajstić information content (AvgIpc) is 2.23. The van der Waals surface area contributed by atoms with Crippen molar-refractivity contribution in [1.82, 2.24) is 0 Å². The molecule has 0 aliphatic heterocycles. The second-order valence-corrected chi connectivity index (χ2v) is 9.72. The molecule has 0 aliphatic rings. The first-order valence-corrected chi connectivity index (χ1v) is 8.79. The summed E-state index contributed by atoms with van der Waals surface area (Å²) >= 11 is 0. The van der Waals surface area contributed by atoms with Crippen LogP contribution in [0, 0.1) is 40.4 Å². The molecule has 0 amide bonds. The molecule has 0 saturated heterocycles. The molecule has 0 spiro atoms. The summed E-state index contributed by atoms with van der Waals surface area (Å²) in [7, 11) is 0. The zero-order chi connectivity index (χ0) is 16.3. The molecule has 0 N–H and O–H groups in total. The van der Waals surface area contributed by atoms with E-state index < -0.39 is 0 Å². The van der Waals surface area contributed by atoms with Crippen molar-refractivity contribution in [3.8, 4) is 0 Å². The second-order valence-electron chi connectivity index (χ2n) is 9.72. The Hall–Kier alpha value is 0. The second kappa shape index (κ2) is 7.32. The topological polar surface area (TPSA) is 0 Å². The van der Waals surface area contributed by atoms with Crippen LogP contribution in [0.2, 0.25) is 0 Å². The normalized spacial score (nSPS) is 19.8. The van der Waals surface area contributed by atoms with Gasteiger partial charge in [-0.3, -0.25) is 0 Å². The minimum absolute atomic E-state index is 0.419. The van der Waals surface area contributed by atoms with Crippen LogP contribution in [0.4, 0.5) is 0 Å². The molecule has 0 bridgehead atoms. The Morgan fingerprint density at radius 3 is 1.45 bits per heavy atom. The van der Waals surface area contributed by atoms with E-state index in [1.54, 1.807) is 0 Å². The zero-order valence-electron chi connectivity index (χ0n) is 16.3. The first-order valence-electron chi connectivity index (χ1n) is 8.79. The molecule has 0 aromatic rings. The van der Waals surface area contributed by atoms with Crippen molar-refractivity contribution in [1.29, 1.82) is 0 Å². The maximum absolute atomic E-state index is 2.49. The molecule has 0 saturated carbocycles. The van der Waals surface area contributed by atoms with Crippen LogP contribution in [-0.2, 0) is 0 Å². The first kappa shape index (κ1) is 20.0. The van der Waals surface area contributed by atoms with Crippen LogP contribution in [0.25, 0.3) is 0 Å². The van der Waals surface area contributed by atoms with E-state index in [2.05, 4.69) is 76.2 Å². The summed E-state index contributed by atoms with van der Waals surface area (Å²) in [6.07, 6.45) is 2.70. The Kier molecular flexibility index (Phi) is 7.32. The molecule has 122 valence electrons. The molecule has 4 unspecified atom stereocenters. The third-order valence-corrected chi connectivity index (χ3v) is 6.00. The van der Waals surface area contributed by atoms with Gasteiger partial charge in [-0.2, -0.15) is 0 Å². The zero-order valence-corrected chi connectivity index (χ0v) is 16.3. The largest absolute Gasteiger partial charge is 0.0628 e. The van der Waals surface area contributed by atoms with Gasteiger partial charge in [0.2, 0.25) is 0 Å². The molecule has 0 fully saturated rings. The van der Waals surface area contributed by atoms with Gasteiger partial charge in [0, 0.05) is 0 Å². The molecule has 0 rings (SSSR count). The van der Waals surface area contributed by atoms with Crippen LogP contribution in [0.3, 0.4) is 0 Å². The molecule has 0 heteroatoms. The summed E-state index contributed by atoms with van der Waals surface area (Å²) in [4.78, 5) is 0. The fraction of sp³-hybridized carbons (Fsp3) is 1.00.